The van der Waals surface area contributed by atoms with Gasteiger partial charge in [-0.2, -0.15) is 0 Å². The second-order valence-electron chi connectivity index (χ2n) is 13.3. The maximum atomic E-state index is 15.2. The normalized spacial score (nSPS) is 27.8. The zero-order valence-electron chi connectivity index (χ0n) is 26.9. The molecule has 4 amide bonds. The van der Waals surface area contributed by atoms with Gasteiger partial charge in [0.15, 0.2) is 33.0 Å². The largest absolute Gasteiger partial charge is 0.508 e. The van der Waals surface area contributed by atoms with Crippen molar-refractivity contribution < 1.29 is 46.2 Å². The van der Waals surface area contributed by atoms with Gasteiger partial charge in [0.2, 0.25) is 17.6 Å². The van der Waals surface area contributed by atoms with E-state index in [1.54, 1.807) is 30.3 Å². The Labute approximate surface area is 307 Å². The number of amides is 4. The Morgan fingerprint density at radius 3 is 1.96 bits per heavy atom. The second kappa shape index (κ2) is 12.1. The summed E-state index contributed by atoms with van der Waals surface area (Å²) < 4.78 is 73.3. The number of rotatable bonds is 5. The number of fused-ring (bicyclic) bond motifs is 4. The molecule has 6 atom stereocenters. The highest BCUT2D eigenvalue weighted by atomic mass is 35.5. The maximum Gasteiger partial charge on any atom is 0.258 e. The van der Waals surface area contributed by atoms with Crippen molar-refractivity contribution in [1.29, 1.82) is 0 Å². The second-order valence-corrected chi connectivity index (χ2v) is 14.6. The van der Waals surface area contributed by atoms with Gasteiger partial charge in [-0.15, -0.1) is 23.2 Å². The molecule has 53 heavy (non-hydrogen) atoms. The minimum atomic E-state index is -2.68. The summed E-state index contributed by atoms with van der Waals surface area (Å²) in [5.74, 6) is -21.6. The van der Waals surface area contributed by atoms with Gasteiger partial charge in [-0.1, -0.05) is 42.0 Å². The molecule has 4 aromatic carbocycles. The van der Waals surface area contributed by atoms with Crippen LogP contribution in [0.3, 0.4) is 0 Å². The number of para-hydroxylation sites is 1. The van der Waals surface area contributed by atoms with E-state index in [-0.39, 0.29) is 33.9 Å². The first-order chi connectivity index (χ1) is 25.2. The van der Waals surface area contributed by atoms with E-state index >= 15 is 8.78 Å². The highest BCUT2D eigenvalue weighted by Gasteiger charge is 2.77. The number of allylic oxidation sites excluding steroid dienone is 2. The minimum Gasteiger partial charge on any atom is -0.508 e. The molecule has 0 bridgehead atoms. The molecule has 3 fully saturated rings. The van der Waals surface area contributed by atoms with Crippen LogP contribution in [0.5, 0.6) is 5.75 Å². The van der Waals surface area contributed by atoms with Crippen LogP contribution in [0, 0.1) is 46.8 Å². The number of imide groups is 2. The van der Waals surface area contributed by atoms with Crippen molar-refractivity contribution in [2.75, 3.05) is 15.1 Å². The number of alkyl halides is 2. The molecule has 0 spiro atoms. The number of nitrogens with one attached hydrogen (secondary N) is 1. The van der Waals surface area contributed by atoms with E-state index in [1.165, 1.54) is 24.3 Å². The van der Waals surface area contributed by atoms with Crippen LogP contribution in [0.15, 0.2) is 90.5 Å². The van der Waals surface area contributed by atoms with Crippen LogP contribution in [-0.4, -0.2) is 38.5 Å². The number of nitrogens with zero attached hydrogens (tertiary/aromatic N) is 2. The third-order valence-corrected chi connectivity index (χ3v) is 12.0. The number of hydrogen-bond acceptors (Lipinski definition) is 6. The van der Waals surface area contributed by atoms with Crippen molar-refractivity contribution in [3.05, 3.63) is 125 Å². The fraction of sp³-hybridized carbons (Fsp3) is 0.211. The molecule has 2 heterocycles. The Kier molecular flexibility index (Phi) is 7.97. The molecule has 4 aromatic rings. The molecule has 270 valence electrons. The first kappa shape index (κ1) is 34.8. The molecule has 2 aliphatic heterocycles. The van der Waals surface area contributed by atoms with Gasteiger partial charge in [-0.3, -0.25) is 24.1 Å². The van der Waals surface area contributed by atoms with E-state index in [1.807, 2.05) is 30.3 Å². The fourth-order valence-corrected chi connectivity index (χ4v) is 9.22. The zero-order valence-corrected chi connectivity index (χ0v) is 28.4. The highest BCUT2D eigenvalue weighted by molar-refractivity contribution is 6.58. The van der Waals surface area contributed by atoms with Gasteiger partial charge in [0.25, 0.3) is 11.8 Å². The van der Waals surface area contributed by atoms with Gasteiger partial charge in [-0.05, 0) is 72.9 Å². The maximum absolute atomic E-state index is 15.2. The van der Waals surface area contributed by atoms with Crippen LogP contribution >= 0.6 is 23.2 Å². The lowest BCUT2D eigenvalue weighted by atomic mass is 9.56. The van der Waals surface area contributed by atoms with Crippen molar-refractivity contribution in [2.24, 2.45) is 17.8 Å². The number of hydrogen-bond donors (Lipinski definition) is 2. The Morgan fingerprint density at radius 2 is 1.32 bits per heavy atom. The molecule has 2 aliphatic carbocycles. The lowest BCUT2D eigenvalue weighted by molar-refractivity contribution is -0.125. The van der Waals surface area contributed by atoms with Crippen molar-refractivity contribution >= 4 is 69.6 Å². The van der Waals surface area contributed by atoms with E-state index in [9.17, 15) is 37.5 Å². The van der Waals surface area contributed by atoms with E-state index in [0.717, 1.165) is 10.6 Å². The van der Waals surface area contributed by atoms with Crippen LogP contribution < -0.4 is 15.1 Å². The molecule has 2 saturated heterocycles. The molecule has 8 rings (SSSR count). The minimum absolute atomic E-state index is 0.0215. The summed E-state index contributed by atoms with van der Waals surface area (Å²) in [6.07, 6.45) is 0.928. The zero-order chi connectivity index (χ0) is 37.7. The summed E-state index contributed by atoms with van der Waals surface area (Å²) in [4.78, 5) is 52.4. The van der Waals surface area contributed by atoms with E-state index in [4.69, 9.17) is 23.2 Å². The van der Waals surface area contributed by atoms with Crippen LogP contribution in [0.4, 0.5) is 44.7 Å². The van der Waals surface area contributed by atoms with Crippen molar-refractivity contribution in [3.63, 3.8) is 0 Å². The van der Waals surface area contributed by atoms with Crippen LogP contribution in [0.25, 0.3) is 0 Å². The molecule has 0 aromatic heterocycles. The number of aromatic hydroxyl groups is 1. The predicted molar refractivity (Wildman–Crippen MR) is 183 cm³/mol. The molecule has 1 saturated carbocycles. The number of phenolic OH excluding ortho intramolecular Hbond substituents is 1. The number of halogens is 7. The van der Waals surface area contributed by atoms with E-state index < -0.39 is 98.2 Å². The Hall–Kier alpha value is -5.27. The van der Waals surface area contributed by atoms with Gasteiger partial charge < -0.3 is 10.4 Å². The molecule has 0 unspecified atom stereocenters. The molecule has 0 radical (unpaired) electrons. The van der Waals surface area contributed by atoms with Crippen molar-refractivity contribution in [3.8, 4) is 5.75 Å². The molecule has 2 N–H and O–H groups in total. The van der Waals surface area contributed by atoms with Gasteiger partial charge in [0.05, 0.1) is 17.5 Å². The topological polar surface area (TPSA) is 107 Å². The summed E-state index contributed by atoms with van der Waals surface area (Å²) >= 11 is 14.2. The lowest BCUT2D eigenvalue weighted by Gasteiger charge is -2.50. The van der Waals surface area contributed by atoms with Crippen molar-refractivity contribution in [1.82, 2.24) is 0 Å². The summed E-state index contributed by atoms with van der Waals surface area (Å²) in [6, 6.07) is 21.1. The smallest absolute Gasteiger partial charge is 0.258 e. The number of anilines is 4. The third-order valence-electron chi connectivity index (χ3n) is 10.6. The van der Waals surface area contributed by atoms with Gasteiger partial charge in [-0.25, -0.2) is 26.9 Å². The summed E-state index contributed by atoms with van der Waals surface area (Å²) in [6.45, 7) is 0. The van der Waals surface area contributed by atoms with Gasteiger partial charge in [0.1, 0.15) is 11.4 Å². The predicted octanol–water partition coefficient (Wildman–Crippen LogP) is 7.60. The van der Waals surface area contributed by atoms with Gasteiger partial charge in [0, 0.05) is 17.3 Å². The molecule has 4 aliphatic rings. The Bertz CT molecular complexity index is 2280. The third kappa shape index (κ3) is 4.79. The first-order valence-corrected chi connectivity index (χ1v) is 17.0. The van der Waals surface area contributed by atoms with Crippen LogP contribution in [0.2, 0.25) is 0 Å². The first-order valence-electron chi connectivity index (χ1n) is 16.3. The Balaban J connectivity index is 1.22. The van der Waals surface area contributed by atoms with E-state index in [2.05, 4.69) is 5.32 Å². The van der Waals surface area contributed by atoms with Crippen LogP contribution in [-0.2, 0) is 19.2 Å². The summed E-state index contributed by atoms with van der Waals surface area (Å²) in [7, 11) is 0. The monoisotopic (exact) mass is 767 g/mol. The summed E-state index contributed by atoms with van der Waals surface area (Å²) in [5, 5.41) is 13.7. The lowest BCUT2D eigenvalue weighted by Crippen LogP contribution is -2.60. The SMILES string of the molecule is O=C1[C@H]2[C@H](CC=C3[C@H]2C[C@@]2(Cl)C(=O)N(c4c(F)c(F)c(F)c(F)c4F)C(=O)[C@@]2(Cl)[C@H]3c2cccc(O)c2)C(=O)N1c1ccc(Nc2ccccc2)cc1. The molecular weight excluding hydrogens is 744 g/mol. The Morgan fingerprint density at radius 1 is 0.698 bits per heavy atom. The molecule has 15 heteroatoms. The molecular formula is C38H24Cl2F5N3O5. The number of benzene rings is 4. The number of phenols is 1. The molecule has 8 nitrogen and oxygen atoms in total. The number of carbonyl (C=O) groups is 4. The quantitative estimate of drug-likeness (QED) is 0.0542. The van der Waals surface area contributed by atoms with E-state index in [0.29, 0.717) is 5.69 Å². The average molecular weight is 769 g/mol. The number of carbonyl (C=O) groups excluding carboxylic acids is 4. The highest BCUT2D eigenvalue weighted by Crippen LogP contribution is 2.66. The summed E-state index contributed by atoms with van der Waals surface area (Å²) in [5.41, 5.74) is 0.238. The average Bonchev–Trinajstić information content (AvgIpc) is 3.48. The van der Waals surface area contributed by atoms with Crippen LogP contribution in [0.1, 0.15) is 24.3 Å². The van der Waals surface area contributed by atoms with Crippen molar-refractivity contribution in [2.45, 2.75) is 28.5 Å². The fourth-order valence-electron chi connectivity index (χ4n) is 8.28. The van der Waals surface area contributed by atoms with Gasteiger partial charge >= 0.3 is 0 Å². The standard InChI is InChI=1S/C38H24Cl2F5N3O5/c39-37-16-24-22(13-14-23-25(24)34(51)47(33(23)50)20-11-9-19(10-12-20)46-18-6-2-1-3-7-18)26(17-5-4-8-21(49)15-17)38(37,40)36(53)48(35(37)52)32-30(44)28(42)27(41)29(43)31(32)45/h1-13,15,23-26,46,49H,14,16H2/t23-,24+,25-,26-,37+,38-/m0/s1.